The van der Waals surface area contributed by atoms with Crippen molar-refractivity contribution in [2.75, 3.05) is 6.54 Å². The summed E-state index contributed by atoms with van der Waals surface area (Å²) < 4.78 is 50.3. The second-order valence-corrected chi connectivity index (χ2v) is 24.1. The highest BCUT2D eigenvalue weighted by Gasteiger charge is 2.46. The molecule has 5 aromatic rings. The van der Waals surface area contributed by atoms with E-state index in [1.165, 1.54) is 6.92 Å². The van der Waals surface area contributed by atoms with Gasteiger partial charge >= 0.3 is 89.1 Å². The molecule has 5 aromatic carbocycles. The van der Waals surface area contributed by atoms with Crippen molar-refractivity contribution in [3.63, 3.8) is 0 Å². The van der Waals surface area contributed by atoms with E-state index in [2.05, 4.69) is 37.9 Å². The van der Waals surface area contributed by atoms with Crippen LogP contribution in [0.4, 0.5) is 38.4 Å². The Balaban J connectivity index is 0.000000192. The summed E-state index contributed by atoms with van der Waals surface area (Å²) in [6.45, 7) is 9.08. The van der Waals surface area contributed by atoms with E-state index in [0.29, 0.717) is 6.42 Å². The van der Waals surface area contributed by atoms with Crippen molar-refractivity contribution in [3.8, 4) is 0 Å². The third-order valence-corrected chi connectivity index (χ3v) is 16.4. The van der Waals surface area contributed by atoms with Gasteiger partial charge < -0.3 is 52.1 Å². The fourth-order valence-corrected chi connectivity index (χ4v) is 10.5. The number of hydrogen-bond acceptors (Lipinski definition) is 28. The molecule has 6 fully saturated rings. The quantitative estimate of drug-likeness (QED) is 0.0534. The molecule has 28 nitrogen and oxygen atoms in total. The van der Waals surface area contributed by atoms with Crippen molar-refractivity contribution in [2.24, 2.45) is 17.8 Å². The van der Waals surface area contributed by atoms with Gasteiger partial charge in [0.1, 0.15) is 37.2 Å². The van der Waals surface area contributed by atoms with E-state index in [-0.39, 0.29) is 75.2 Å². The second-order valence-electron chi connectivity index (χ2n) is 21.7. The molecule has 4 amide bonds. The Morgan fingerprint density at radius 1 is 0.500 bits per heavy atom. The third kappa shape index (κ3) is 25.1. The van der Waals surface area contributed by atoms with Crippen molar-refractivity contribution in [3.05, 3.63) is 179 Å². The van der Waals surface area contributed by atoms with Crippen LogP contribution in [0, 0.1) is 17.8 Å². The van der Waals surface area contributed by atoms with E-state index in [0.717, 1.165) is 67.6 Å². The number of carbonyl (C=O) groups is 15. The molecule has 0 spiro atoms. The molecule has 6 heterocycles. The highest BCUT2D eigenvalue weighted by molar-refractivity contribution is 8.15. The molecule has 0 bridgehead atoms. The van der Waals surface area contributed by atoms with E-state index in [9.17, 15) is 71.9 Å². The van der Waals surface area contributed by atoms with Crippen LogP contribution in [0.1, 0.15) is 88.1 Å². The zero-order valence-electron chi connectivity index (χ0n) is 53.4. The summed E-state index contributed by atoms with van der Waals surface area (Å²) in [5, 5.41) is -1.69. The normalized spacial score (nSPS) is 20.9. The molecular formula is C68H68N2O26S2. The lowest BCUT2D eigenvalue weighted by Gasteiger charge is -2.31. The Morgan fingerprint density at radius 2 is 0.969 bits per heavy atom. The molecule has 0 N–H and O–H groups in total. The van der Waals surface area contributed by atoms with Gasteiger partial charge in [0.25, 0.3) is 0 Å². The first kappa shape index (κ1) is 76.3. The van der Waals surface area contributed by atoms with Crippen molar-refractivity contribution >= 4 is 113 Å². The molecule has 11 rings (SSSR count). The highest BCUT2D eigenvalue weighted by atomic mass is 32.2. The number of esters is 7. The number of amides is 4. The highest BCUT2D eigenvalue weighted by Crippen LogP contribution is 2.31. The van der Waals surface area contributed by atoms with Crippen LogP contribution in [-0.2, 0) is 118 Å². The van der Waals surface area contributed by atoms with Gasteiger partial charge in [0.05, 0.1) is 18.3 Å². The van der Waals surface area contributed by atoms with Crippen LogP contribution in [-0.4, -0.2) is 134 Å². The van der Waals surface area contributed by atoms with E-state index in [1.807, 2.05) is 160 Å². The summed E-state index contributed by atoms with van der Waals surface area (Å²) in [4.78, 5) is 170. The van der Waals surface area contributed by atoms with Crippen LogP contribution in [0.3, 0.4) is 0 Å². The van der Waals surface area contributed by atoms with Gasteiger partial charge in [-0.25, -0.2) is 52.8 Å². The van der Waals surface area contributed by atoms with E-state index in [1.54, 1.807) is 19.1 Å². The van der Waals surface area contributed by atoms with Crippen molar-refractivity contribution < 1.29 is 124 Å². The zero-order valence-corrected chi connectivity index (χ0v) is 55.1. The van der Waals surface area contributed by atoms with E-state index in [4.69, 9.17) is 14.2 Å². The molecule has 0 aliphatic carbocycles. The fourth-order valence-electron chi connectivity index (χ4n) is 8.92. The minimum absolute atomic E-state index is 0.000294. The van der Waals surface area contributed by atoms with Crippen molar-refractivity contribution in [1.82, 2.24) is 9.80 Å². The topological polar surface area (TPSA) is 364 Å². The van der Waals surface area contributed by atoms with Gasteiger partial charge in [-0.15, -0.1) is 0 Å². The molecule has 98 heavy (non-hydrogen) atoms. The predicted molar refractivity (Wildman–Crippen MR) is 341 cm³/mol. The van der Waals surface area contributed by atoms with E-state index < -0.39 is 112 Å². The second kappa shape index (κ2) is 38.7. The number of hydrogen-bond donors (Lipinski definition) is 0. The summed E-state index contributed by atoms with van der Waals surface area (Å²) >= 11 is 1.90. The number of thioether (sulfide) groups is 2. The third-order valence-electron chi connectivity index (χ3n) is 14.4. The van der Waals surface area contributed by atoms with Crippen LogP contribution in [0.15, 0.2) is 152 Å². The molecule has 8 unspecified atom stereocenters. The molecule has 0 aromatic heterocycles. The molecule has 6 saturated heterocycles. The van der Waals surface area contributed by atoms with Crippen LogP contribution in [0.5, 0.6) is 0 Å². The van der Waals surface area contributed by atoms with Crippen LogP contribution < -0.4 is 0 Å². The SMILES string of the molecule is CC1CC(=O)OC(=O)O1.CC1OC(=O)OC1=O.CC1SC(=O)OC(=O)C1Cc1ccccc1.CCC(C)C1CN(C(=O)OCc2ccccc2)C(=O)OC1=O.O=C(CCC1SC(=O)OC1=O)OCc1ccccc1.O=C1OC(=O)N(C(=O)OCc2ccccc2)C1Cc1ccccc1. The number of nitrogens with zero attached hydrogens (tertiary/aromatic N) is 2. The average Bonchev–Trinajstić information content (AvgIpc) is 1.58. The lowest BCUT2D eigenvalue weighted by Crippen LogP contribution is -2.50. The maximum absolute atomic E-state index is 12.2. The van der Waals surface area contributed by atoms with Crippen LogP contribution in [0.2, 0.25) is 0 Å². The van der Waals surface area contributed by atoms with Gasteiger partial charge in [-0.05, 0) is 83.9 Å². The minimum Gasteiger partial charge on any atom is -0.461 e. The van der Waals surface area contributed by atoms with Crippen molar-refractivity contribution in [2.45, 2.75) is 122 Å². The number of cyclic esters (lactones) is 14. The molecule has 30 heteroatoms. The Labute approximate surface area is 569 Å². The van der Waals surface area contributed by atoms with Gasteiger partial charge in [0.2, 0.25) is 0 Å². The molecule has 518 valence electrons. The van der Waals surface area contributed by atoms with Crippen LogP contribution >= 0.6 is 23.5 Å². The predicted octanol–water partition coefficient (Wildman–Crippen LogP) is 11.3. The summed E-state index contributed by atoms with van der Waals surface area (Å²) in [5.41, 5.74) is 4.40. The Hall–Kier alpha value is -10.8. The average molecular weight is 1390 g/mol. The number of ether oxygens (including phenoxy) is 11. The maximum atomic E-state index is 12.2. The summed E-state index contributed by atoms with van der Waals surface area (Å²) in [6, 6.07) is 45.4. The molecule has 8 atom stereocenters. The van der Waals surface area contributed by atoms with E-state index >= 15 is 0 Å². The van der Waals surface area contributed by atoms with Crippen molar-refractivity contribution in [1.29, 1.82) is 0 Å². The first-order chi connectivity index (χ1) is 46.9. The number of benzene rings is 5. The largest absolute Gasteiger partial charge is 0.517 e. The summed E-state index contributed by atoms with van der Waals surface area (Å²) in [5.74, 6) is -4.55. The fraction of sp³-hybridized carbons (Fsp3) is 0.338. The zero-order chi connectivity index (χ0) is 71.3. The van der Waals surface area contributed by atoms with Gasteiger partial charge in [0.15, 0.2) is 6.10 Å². The Bertz CT molecular complexity index is 3620. The van der Waals surface area contributed by atoms with Gasteiger partial charge in [-0.3, -0.25) is 24.0 Å². The first-order valence-corrected chi connectivity index (χ1v) is 32.1. The number of rotatable bonds is 15. The lowest BCUT2D eigenvalue weighted by molar-refractivity contribution is -0.150. The maximum Gasteiger partial charge on any atom is 0.517 e. The van der Waals surface area contributed by atoms with Crippen LogP contribution in [0.25, 0.3) is 0 Å². The first-order valence-electron chi connectivity index (χ1n) is 30.3. The van der Waals surface area contributed by atoms with Gasteiger partial charge in [0, 0.05) is 24.6 Å². The molecule has 6 aliphatic heterocycles. The Kier molecular flexibility index (Phi) is 30.1. The number of imide groups is 2. The Morgan fingerprint density at radius 3 is 1.42 bits per heavy atom. The van der Waals surface area contributed by atoms with Gasteiger partial charge in [-0.1, -0.05) is 179 Å². The molecule has 0 radical (unpaired) electrons. The number of carbonyl (C=O) groups excluding carboxylic acids is 15. The van der Waals surface area contributed by atoms with Gasteiger partial charge in [-0.2, -0.15) is 4.90 Å². The standard InChI is InChI=1S/C18H15NO5.C16H19NO5.C13H12O5S.C12H12O3S.C5H6O4.C4H4O4/c20-16-15(11-13-7-3-1-4-8-13)19(18(22)24-16)17(21)23-12-14-9-5-2-6-10-14;1-3-11(2)13-9-17(16(20)22-14(13)18)15(19)21-10-12-7-5-4-6-8-12;14-11(17-8-9-4-2-1-3-5-9)7-6-10-12(15)18-13(16)19-10;1-8-10(11(13)15-12(14)16-8)7-9-5-3-2-4-6-9;1-3-2-4(6)9-5(7)8-3;1-2-3(5)8-4(6)7-2/h1-10,15H,11-12H2;4-8,11,13H,3,9-10H2,1-2H3;1-5,10H,6-8H2;2-6,8,10H,7H2,1H3;3H,2H2,1H3;2H,1H3. The summed E-state index contributed by atoms with van der Waals surface area (Å²) in [6.07, 6.45) is -4.44. The lowest BCUT2D eigenvalue weighted by atomic mass is 9.91. The minimum atomic E-state index is -1.01. The smallest absolute Gasteiger partial charge is 0.461 e. The molecule has 6 aliphatic rings. The summed E-state index contributed by atoms with van der Waals surface area (Å²) in [7, 11) is 0. The monoisotopic (exact) mass is 1390 g/mol. The molecular weight excluding hydrogens is 1320 g/mol. The molecule has 0 saturated carbocycles.